The van der Waals surface area contributed by atoms with Crippen LogP contribution in [0, 0.1) is 13.8 Å². The van der Waals surface area contributed by atoms with E-state index in [-0.39, 0.29) is 18.9 Å². The molecule has 2 aliphatic rings. The number of aromatic nitrogens is 2. The van der Waals surface area contributed by atoms with Crippen molar-refractivity contribution in [2.75, 3.05) is 18.8 Å². The summed E-state index contributed by atoms with van der Waals surface area (Å²) in [6.45, 7) is 4.52. The van der Waals surface area contributed by atoms with Crippen molar-refractivity contribution in [1.82, 2.24) is 14.9 Å². The van der Waals surface area contributed by atoms with Crippen LogP contribution in [0.3, 0.4) is 0 Å². The molecule has 2 atom stereocenters. The van der Waals surface area contributed by atoms with Gasteiger partial charge in [0.1, 0.15) is 5.75 Å². The van der Waals surface area contributed by atoms with Crippen molar-refractivity contribution in [2.24, 2.45) is 0 Å². The normalized spacial score (nSPS) is 18.4. The summed E-state index contributed by atoms with van der Waals surface area (Å²) in [5, 5.41) is 4.20. The smallest absolute Gasteiger partial charge is 0.231 e. The minimum Gasteiger partial charge on any atom is -0.497 e. The summed E-state index contributed by atoms with van der Waals surface area (Å²) in [6.07, 6.45) is 1.82. The van der Waals surface area contributed by atoms with Gasteiger partial charge >= 0.3 is 0 Å². The standard InChI is InChI=1S/C28H26N4O3S/c1-17-14-22(18(2)31(17)20-9-12-24-25(15-20)35-16-34-24)27-26(23-6-4-5-13-29-23)30-28(36)32(27)19-7-10-21(33-3)11-8-19/h4-15,26-27H,16H2,1-3H3,(H,30,36)/t26-,27+/m0/s1. The van der Waals surface area contributed by atoms with Crippen LogP contribution in [0.5, 0.6) is 17.2 Å². The van der Waals surface area contributed by atoms with Crippen LogP contribution in [0.15, 0.2) is 72.9 Å². The maximum atomic E-state index is 5.89. The molecule has 0 aliphatic carbocycles. The van der Waals surface area contributed by atoms with Crippen LogP contribution < -0.4 is 24.4 Å². The number of nitrogens with one attached hydrogen (secondary N) is 1. The summed E-state index contributed by atoms with van der Waals surface area (Å²) in [7, 11) is 1.67. The van der Waals surface area contributed by atoms with Gasteiger partial charge in [-0.2, -0.15) is 0 Å². The second-order valence-corrected chi connectivity index (χ2v) is 9.28. The molecule has 4 aromatic rings. The van der Waals surface area contributed by atoms with E-state index in [2.05, 4.69) is 45.7 Å². The van der Waals surface area contributed by atoms with E-state index in [0.29, 0.717) is 5.11 Å². The summed E-state index contributed by atoms with van der Waals surface area (Å²) in [5.41, 5.74) is 6.37. The topological polar surface area (TPSA) is 60.8 Å². The number of pyridine rings is 1. The second-order valence-electron chi connectivity index (χ2n) is 8.89. The Bertz CT molecular complexity index is 1440. The molecule has 0 spiro atoms. The van der Waals surface area contributed by atoms with Crippen LogP contribution in [0.2, 0.25) is 0 Å². The first-order valence-electron chi connectivity index (χ1n) is 11.8. The predicted octanol–water partition coefficient (Wildman–Crippen LogP) is 5.40. The van der Waals surface area contributed by atoms with Crippen molar-refractivity contribution in [3.8, 4) is 22.9 Å². The Morgan fingerprint density at radius 1 is 0.972 bits per heavy atom. The van der Waals surface area contributed by atoms with E-state index in [1.165, 1.54) is 5.56 Å². The lowest BCUT2D eigenvalue weighted by atomic mass is 9.96. The molecule has 6 rings (SSSR count). The van der Waals surface area contributed by atoms with Gasteiger partial charge in [-0.1, -0.05) is 6.07 Å². The lowest BCUT2D eigenvalue weighted by Crippen LogP contribution is -2.29. The molecule has 36 heavy (non-hydrogen) atoms. The highest BCUT2D eigenvalue weighted by molar-refractivity contribution is 7.80. The number of aryl methyl sites for hydroxylation is 1. The molecule has 2 aromatic heterocycles. The molecule has 0 bridgehead atoms. The van der Waals surface area contributed by atoms with Crippen LogP contribution in [0.4, 0.5) is 5.69 Å². The maximum Gasteiger partial charge on any atom is 0.231 e. The third kappa shape index (κ3) is 3.65. The zero-order valence-electron chi connectivity index (χ0n) is 20.3. The van der Waals surface area contributed by atoms with Crippen LogP contribution in [-0.2, 0) is 0 Å². The van der Waals surface area contributed by atoms with Gasteiger partial charge in [-0.3, -0.25) is 4.98 Å². The Labute approximate surface area is 215 Å². The SMILES string of the molecule is COc1ccc(N2C(=S)N[C@@H](c3ccccn3)[C@H]2c2cc(C)n(-c3ccc4c(c3)OCO4)c2C)cc1. The third-order valence-corrected chi connectivity index (χ3v) is 7.17. The molecule has 2 aliphatic heterocycles. The quantitative estimate of drug-likeness (QED) is 0.370. The van der Waals surface area contributed by atoms with Gasteiger partial charge in [0.15, 0.2) is 16.6 Å². The van der Waals surface area contributed by atoms with E-state index < -0.39 is 0 Å². The van der Waals surface area contributed by atoms with Crippen molar-refractivity contribution < 1.29 is 14.2 Å². The van der Waals surface area contributed by atoms with Crippen LogP contribution in [-0.4, -0.2) is 28.6 Å². The number of thiocarbonyl (C=S) groups is 1. The number of rotatable bonds is 5. The lowest BCUT2D eigenvalue weighted by molar-refractivity contribution is 0.174. The molecule has 0 saturated carbocycles. The molecule has 7 nitrogen and oxygen atoms in total. The Hall–Kier alpha value is -4.04. The summed E-state index contributed by atoms with van der Waals surface area (Å²) in [5.74, 6) is 2.33. The molecule has 1 saturated heterocycles. The Morgan fingerprint density at radius 3 is 2.50 bits per heavy atom. The van der Waals surface area contributed by atoms with Crippen molar-refractivity contribution in [2.45, 2.75) is 25.9 Å². The number of methoxy groups -OCH3 is 1. The summed E-state index contributed by atoms with van der Waals surface area (Å²) < 4.78 is 18.8. The van der Waals surface area contributed by atoms with Gasteiger partial charge in [0.2, 0.25) is 6.79 Å². The number of anilines is 1. The fraction of sp³-hybridized carbons (Fsp3) is 0.214. The van der Waals surface area contributed by atoms with Crippen molar-refractivity contribution in [3.63, 3.8) is 0 Å². The first kappa shape index (κ1) is 22.4. The van der Waals surface area contributed by atoms with Crippen molar-refractivity contribution in [3.05, 3.63) is 95.6 Å². The van der Waals surface area contributed by atoms with Gasteiger partial charge in [0, 0.05) is 35.0 Å². The van der Waals surface area contributed by atoms with Crippen LogP contribution >= 0.6 is 12.2 Å². The molecule has 182 valence electrons. The maximum absolute atomic E-state index is 5.89. The molecule has 0 amide bonds. The summed E-state index contributed by atoms with van der Waals surface area (Å²) in [6, 6.07) is 22.0. The lowest BCUT2D eigenvalue weighted by Gasteiger charge is -2.28. The Kier molecular flexibility index (Phi) is 5.53. The molecule has 4 heterocycles. The number of nitrogens with zero attached hydrogens (tertiary/aromatic N) is 3. The Balaban J connectivity index is 1.48. The number of hydrogen-bond acceptors (Lipinski definition) is 5. The summed E-state index contributed by atoms with van der Waals surface area (Å²) >= 11 is 5.89. The highest BCUT2D eigenvalue weighted by atomic mass is 32.1. The van der Waals surface area contributed by atoms with Crippen molar-refractivity contribution >= 4 is 23.0 Å². The minimum absolute atomic E-state index is 0.102. The molecule has 8 heteroatoms. The first-order valence-corrected chi connectivity index (χ1v) is 12.2. The second kappa shape index (κ2) is 8.87. The average Bonchev–Trinajstić information content (AvgIpc) is 3.59. The number of ether oxygens (including phenoxy) is 3. The van der Waals surface area contributed by atoms with Gasteiger partial charge in [0.25, 0.3) is 0 Å². The molecule has 0 radical (unpaired) electrons. The zero-order valence-corrected chi connectivity index (χ0v) is 21.1. The monoisotopic (exact) mass is 498 g/mol. The average molecular weight is 499 g/mol. The van der Waals surface area contributed by atoms with Gasteiger partial charge in [0.05, 0.1) is 24.9 Å². The molecular weight excluding hydrogens is 472 g/mol. The van der Waals surface area contributed by atoms with Gasteiger partial charge in [-0.05, 0) is 86.2 Å². The molecule has 0 unspecified atom stereocenters. The molecule has 1 fully saturated rings. The van der Waals surface area contributed by atoms with Gasteiger partial charge in [-0.15, -0.1) is 0 Å². The molecule has 1 N–H and O–H groups in total. The van der Waals surface area contributed by atoms with E-state index in [4.69, 9.17) is 26.4 Å². The van der Waals surface area contributed by atoms with Crippen LogP contribution in [0.25, 0.3) is 5.69 Å². The third-order valence-electron chi connectivity index (χ3n) is 6.85. The number of benzene rings is 2. The predicted molar refractivity (Wildman–Crippen MR) is 142 cm³/mol. The highest BCUT2D eigenvalue weighted by Crippen LogP contribution is 2.44. The molecular formula is C28H26N4O3S. The van der Waals surface area contributed by atoms with E-state index >= 15 is 0 Å². The van der Waals surface area contributed by atoms with Crippen LogP contribution in [0.1, 0.15) is 34.7 Å². The fourth-order valence-corrected chi connectivity index (χ4v) is 5.55. The van der Waals surface area contributed by atoms with E-state index in [1.807, 2.05) is 60.8 Å². The first-order chi connectivity index (χ1) is 17.5. The number of fused-ring (bicyclic) bond motifs is 1. The Morgan fingerprint density at radius 2 is 1.75 bits per heavy atom. The van der Waals surface area contributed by atoms with E-state index in [0.717, 1.165) is 45.7 Å². The fourth-order valence-electron chi connectivity index (χ4n) is 5.20. The van der Waals surface area contributed by atoms with E-state index in [9.17, 15) is 0 Å². The highest BCUT2D eigenvalue weighted by Gasteiger charge is 2.42. The largest absolute Gasteiger partial charge is 0.497 e. The van der Waals surface area contributed by atoms with Gasteiger partial charge < -0.3 is 29.0 Å². The van der Waals surface area contributed by atoms with E-state index in [1.54, 1.807) is 7.11 Å². The summed E-state index contributed by atoms with van der Waals surface area (Å²) in [4.78, 5) is 6.86. The zero-order chi connectivity index (χ0) is 24.8. The van der Waals surface area contributed by atoms with Crippen molar-refractivity contribution in [1.29, 1.82) is 0 Å². The molecule has 2 aromatic carbocycles. The number of hydrogen-bond donors (Lipinski definition) is 1. The van der Waals surface area contributed by atoms with Gasteiger partial charge in [-0.25, -0.2) is 0 Å². The minimum atomic E-state index is -0.119.